The number of carbonyl (C=O) groups is 1. The van der Waals surface area contributed by atoms with Crippen molar-refractivity contribution in [2.45, 2.75) is 31.5 Å². The van der Waals surface area contributed by atoms with Crippen LogP contribution in [0.15, 0.2) is 0 Å². The van der Waals surface area contributed by atoms with Crippen LogP contribution in [0.3, 0.4) is 0 Å². The van der Waals surface area contributed by atoms with Crippen LogP contribution >= 0.6 is 0 Å². The molecule has 2 fully saturated rings. The van der Waals surface area contributed by atoms with Gasteiger partial charge in [0.15, 0.2) is 6.10 Å². The molecule has 2 aliphatic rings. The lowest BCUT2D eigenvalue weighted by Gasteiger charge is -2.32. The molecule has 0 aromatic heterocycles. The van der Waals surface area contributed by atoms with Crippen molar-refractivity contribution in [2.75, 3.05) is 46.0 Å². The number of amides is 1. The summed E-state index contributed by atoms with van der Waals surface area (Å²) in [4.78, 5) is 13.2. The summed E-state index contributed by atoms with van der Waals surface area (Å²) in [5.41, 5.74) is 0. The molecule has 1 atom stereocenters. The van der Waals surface area contributed by atoms with Crippen molar-refractivity contribution in [3.63, 3.8) is 0 Å². The summed E-state index contributed by atoms with van der Waals surface area (Å²) >= 11 is 0. The number of hydrogen-bond donors (Lipinski definition) is 1. The van der Waals surface area contributed by atoms with Gasteiger partial charge in [0.1, 0.15) is 0 Å². The predicted octanol–water partition coefficient (Wildman–Crippen LogP) is 1.18. The second-order valence-corrected chi connectivity index (χ2v) is 5.85. The molecule has 0 bridgehead atoms. The molecule has 2 aliphatic heterocycles. The Bertz CT molecular complexity index is 352. The minimum absolute atomic E-state index is 0.172. The van der Waals surface area contributed by atoms with Gasteiger partial charge < -0.3 is 14.8 Å². The molecule has 22 heavy (non-hydrogen) atoms. The quantitative estimate of drug-likeness (QED) is 0.825. The van der Waals surface area contributed by atoms with Gasteiger partial charge in [0.05, 0.1) is 26.4 Å². The largest absolute Gasteiger partial charge is 0.401 e. The van der Waals surface area contributed by atoms with Crippen LogP contribution in [0.25, 0.3) is 0 Å². The Kier molecular flexibility index (Phi) is 6.46. The first kappa shape index (κ1) is 17.5. The fourth-order valence-electron chi connectivity index (χ4n) is 2.84. The Hall–Kier alpha value is -0.860. The van der Waals surface area contributed by atoms with E-state index in [2.05, 4.69) is 5.32 Å². The van der Waals surface area contributed by atoms with Gasteiger partial charge in [0.2, 0.25) is 0 Å². The van der Waals surface area contributed by atoms with Gasteiger partial charge >= 0.3 is 6.18 Å². The highest BCUT2D eigenvalue weighted by Crippen LogP contribution is 2.23. The molecule has 2 saturated heterocycles. The Balaban J connectivity index is 1.58. The summed E-state index contributed by atoms with van der Waals surface area (Å²) in [5, 5.41) is 2.81. The first-order chi connectivity index (χ1) is 10.4. The van der Waals surface area contributed by atoms with Crippen LogP contribution in [-0.2, 0) is 14.3 Å². The minimum Gasteiger partial charge on any atom is -0.376 e. The van der Waals surface area contributed by atoms with E-state index in [1.807, 2.05) is 0 Å². The van der Waals surface area contributed by atoms with Gasteiger partial charge in [0.25, 0.3) is 5.91 Å². The lowest BCUT2D eigenvalue weighted by Crippen LogP contribution is -2.44. The minimum atomic E-state index is -4.12. The fraction of sp³-hybridized carbons (Fsp3) is 0.929. The molecule has 128 valence electrons. The molecule has 1 N–H and O–H groups in total. The van der Waals surface area contributed by atoms with Gasteiger partial charge in [-0.05, 0) is 38.3 Å². The van der Waals surface area contributed by atoms with E-state index in [1.165, 1.54) is 4.90 Å². The third-order valence-corrected chi connectivity index (χ3v) is 4.07. The second kappa shape index (κ2) is 8.12. The molecule has 0 radical (unpaired) electrons. The van der Waals surface area contributed by atoms with E-state index in [1.54, 1.807) is 0 Å². The number of halogens is 3. The maximum Gasteiger partial charge on any atom is 0.401 e. The van der Waals surface area contributed by atoms with Gasteiger partial charge in [-0.25, -0.2) is 0 Å². The first-order valence-corrected chi connectivity index (χ1v) is 7.70. The summed E-state index contributed by atoms with van der Waals surface area (Å²) in [7, 11) is 0. The highest BCUT2D eigenvalue weighted by molar-refractivity contribution is 5.80. The highest BCUT2D eigenvalue weighted by atomic mass is 19.4. The van der Waals surface area contributed by atoms with Crippen molar-refractivity contribution in [3.05, 3.63) is 0 Å². The number of hydrogen-bond acceptors (Lipinski definition) is 4. The van der Waals surface area contributed by atoms with Crippen LogP contribution < -0.4 is 5.32 Å². The van der Waals surface area contributed by atoms with E-state index >= 15 is 0 Å². The SMILES string of the molecule is O=C(NCCC1CCN(CC(F)(F)F)CC1)[C@H]1COCCO1. The number of nitrogens with zero attached hydrogens (tertiary/aromatic N) is 1. The van der Waals surface area contributed by atoms with Gasteiger partial charge in [-0.3, -0.25) is 9.69 Å². The number of nitrogens with one attached hydrogen (secondary N) is 1. The topological polar surface area (TPSA) is 50.8 Å². The Morgan fingerprint density at radius 3 is 2.55 bits per heavy atom. The molecule has 0 unspecified atom stereocenters. The average Bonchev–Trinajstić information content (AvgIpc) is 2.48. The van der Waals surface area contributed by atoms with E-state index in [9.17, 15) is 18.0 Å². The zero-order valence-corrected chi connectivity index (χ0v) is 12.5. The van der Waals surface area contributed by atoms with Crippen molar-refractivity contribution in [3.8, 4) is 0 Å². The normalized spacial score (nSPS) is 25.1. The lowest BCUT2D eigenvalue weighted by atomic mass is 9.93. The van der Waals surface area contributed by atoms with Crippen molar-refractivity contribution in [1.29, 1.82) is 0 Å². The molecule has 5 nitrogen and oxygen atoms in total. The van der Waals surface area contributed by atoms with Crippen LogP contribution in [0.5, 0.6) is 0 Å². The van der Waals surface area contributed by atoms with E-state index in [0.717, 1.165) is 19.3 Å². The molecule has 0 aromatic rings. The van der Waals surface area contributed by atoms with E-state index < -0.39 is 18.8 Å². The summed E-state index contributed by atoms with van der Waals surface area (Å²) in [5.74, 6) is 0.197. The molecule has 0 aromatic carbocycles. The van der Waals surface area contributed by atoms with Crippen LogP contribution in [0.2, 0.25) is 0 Å². The second-order valence-electron chi connectivity index (χ2n) is 5.85. The molecular formula is C14H23F3N2O3. The number of alkyl halides is 3. The number of likely N-dealkylation sites (tertiary alicyclic amines) is 1. The fourth-order valence-corrected chi connectivity index (χ4v) is 2.84. The number of rotatable bonds is 5. The Morgan fingerprint density at radius 1 is 1.23 bits per heavy atom. The molecule has 0 spiro atoms. The predicted molar refractivity (Wildman–Crippen MR) is 73.4 cm³/mol. The number of ether oxygens (including phenoxy) is 2. The van der Waals surface area contributed by atoms with Crippen LogP contribution in [0.1, 0.15) is 19.3 Å². The monoisotopic (exact) mass is 324 g/mol. The summed E-state index contributed by atoms with van der Waals surface area (Å²) in [6.07, 6.45) is -2.38. The van der Waals surface area contributed by atoms with Gasteiger partial charge in [-0.1, -0.05) is 0 Å². The zero-order chi connectivity index (χ0) is 16.0. The average molecular weight is 324 g/mol. The summed E-state index contributed by atoms with van der Waals surface area (Å²) in [6, 6.07) is 0. The van der Waals surface area contributed by atoms with Crippen molar-refractivity contribution >= 4 is 5.91 Å². The third-order valence-electron chi connectivity index (χ3n) is 4.07. The van der Waals surface area contributed by atoms with Crippen molar-refractivity contribution < 1.29 is 27.4 Å². The first-order valence-electron chi connectivity index (χ1n) is 7.70. The molecule has 0 saturated carbocycles. The summed E-state index contributed by atoms with van der Waals surface area (Å²) < 4.78 is 47.3. The highest BCUT2D eigenvalue weighted by Gasteiger charge is 2.32. The molecule has 8 heteroatoms. The van der Waals surface area contributed by atoms with Crippen LogP contribution in [-0.4, -0.2) is 69.1 Å². The molecule has 2 rings (SSSR count). The third kappa shape index (κ3) is 6.10. The van der Waals surface area contributed by atoms with Gasteiger partial charge in [-0.15, -0.1) is 0 Å². The standard InChI is InChI=1S/C14H23F3N2O3/c15-14(16,17)10-19-5-2-11(3-6-19)1-4-18-13(20)12-9-21-7-8-22-12/h11-12H,1-10H2,(H,18,20)/t12-/m1/s1. The molecule has 1 amide bonds. The molecular weight excluding hydrogens is 301 g/mol. The zero-order valence-electron chi connectivity index (χ0n) is 12.5. The smallest absolute Gasteiger partial charge is 0.376 e. The van der Waals surface area contributed by atoms with Crippen LogP contribution in [0.4, 0.5) is 13.2 Å². The van der Waals surface area contributed by atoms with Crippen molar-refractivity contribution in [2.24, 2.45) is 5.92 Å². The molecule has 0 aliphatic carbocycles. The number of carbonyl (C=O) groups excluding carboxylic acids is 1. The van der Waals surface area contributed by atoms with Crippen LogP contribution in [0, 0.1) is 5.92 Å². The maximum absolute atomic E-state index is 12.3. The van der Waals surface area contributed by atoms with E-state index in [-0.39, 0.29) is 12.5 Å². The maximum atomic E-state index is 12.3. The number of piperidine rings is 1. The summed E-state index contributed by atoms with van der Waals surface area (Å²) in [6.45, 7) is 1.87. The lowest BCUT2D eigenvalue weighted by molar-refractivity contribution is -0.149. The van der Waals surface area contributed by atoms with Gasteiger partial charge in [0, 0.05) is 6.54 Å². The van der Waals surface area contributed by atoms with Gasteiger partial charge in [-0.2, -0.15) is 13.2 Å². The molecule has 2 heterocycles. The Labute approximate surface area is 128 Å². The van der Waals surface area contributed by atoms with E-state index in [0.29, 0.717) is 38.8 Å². The Morgan fingerprint density at radius 2 is 1.95 bits per heavy atom. The van der Waals surface area contributed by atoms with E-state index in [4.69, 9.17) is 9.47 Å². The van der Waals surface area contributed by atoms with Crippen molar-refractivity contribution in [1.82, 2.24) is 10.2 Å².